The van der Waals surface area contributed by atoms with Gasteiger partial charge in [0, 0.05) is 35.7 Å². The van der Waals surface area contributed by atoms with Gasteiger partial charge in [-0.05, 0) is 51.8 Å². The number of hydrazone groups is 1. The van der Waals surface area contributed by atoms with Crippen LogP contribution in [0, 0.1) is 20.8 Å². The zero-order valence-corrected chi connectivity index (χ0v) is 15.1. The molecule has 5 nitrogen and oxygen atoms in total. The second kappa shape index (κ2) is 7.66. The lowest BCUT2D eigenvalue weighted by Crippen LogP contribution is -2.18. The van der Waals surface area contributed by atoms with Crippen LogP contribution in [0.1, 0.15) is 45.7 Å². The van der Waals surface area contributed by atoms with Crippen molar-refractivity contribution in [2.45, 2.75) is 46.3 Å². The highest BCUT2D eigenvalue weighted by Gasteiger charge is 2.18. The van der Waals surface area contributed by atoms with Gasteiger partial charge in [-0.25, -0.2) is 5.43 Å². The molecule has 1 N–H and O–H groups in total. The zero-order chi connectivity index (χ0) is 17.8. The molecule has 1 aliphatic heterocycles. The molecule has 1 amide bonds. The molecule has 0 saturated carbocycles. The standard InChI is InChI=1S/C20H25N3O2/c1-14-6-8-17(9-7-14)20(24)22-21-12-18-11-15(2)23(16(18)3)13-19-5-4-10-25-19/h6-9,11-12,19H,4-5,10,13H2,1-3H3,(H,22,24)/b21-12-/t19-/m0/s1. The maximum atomic E-state index is 12.1. The van der Waals surface area contributed by atoms with Gasteiger partial charge in [0.1, 0.15) is 0 Å². The van der Waals surface area contributed by atoms with E-state index in [4.69, 9.17) is 4.74 Å². The molecule has 0 spiro atoms. The molecule has 1 atom stereocenters. The Hall–Kier alpha value is -2.40. The summed E-state index contributed by atoms with van der Waals surface area (Å²) in [7, 11) is 0. The predicted octanol–water partition coefficient (Wildman–Crippen LogP) is 3.36. The van der Waals surface area contributed by atoms with Gasteiger partial charge in [0.2, 0.25) is 0 Å². The summed E-state index contributed by atoms with van der Waals surface area (Å²) in [5, 5.41) is 4.12. The van der Waals surface area contributed by atoms with Crippen molar-refractivity contribution in [1.29, 1.82) is 0 Å². The molecule has 25 heavy (non-hydrogen) atoms. The van der Waals surface area contributed by atoms with Crippen molar-refractivity contribution >= 4 is 12.1 Å². The Balaban J connectivity index is 1.65. The van der Waals surface area contributed by atoms with Gasteiger partial charge in [0.25, 0.3) is 5.91 Å². The van der Waals surface area contributed by atoms with Crippen molar-refractivity contribution in [3.63, 3.8) is 0 Å². The van der Waals surface area contributed by atoms with E-state index in [0.717, 1.165) is 42.8 Å². The summed E-state index contributed by atoms with van der Waals surface area (Å²) >= 11 is 0. The Labute approximate surface area is 148 Å². The number of amides is 1. The van der Waals surface area contributed by atoms with Crippen LogP contribution in [0.4, 0.5) is 0 Å². The number of benzene rings is 1. The van der Waals surface area contributed by atoms with Crippen molar-refractivity contribution in [1.82, 2.24) is 9.99 Å². The Morgan fingerprint density at radius 1 is 1.32 bits per heavy atom. The van der Waals surface area contributed by atoms with Gasteiger partial charge in [-0.2, -0.15) is 5.10 Å². The van der Waals surface area contributed by atoms with Crippen molar-refractivity contribution in [3.05, 3.63) is 58.4 Å². The number of nitrogens with zero attached hydrogens (tertiary/aromatic N) is 2. The fourth-order valence-corrected chi connectivity index (χ4v) is 3.16. The molecule has 0 bridgehead atoms. The summed E-state index contributed by atoms with van der Waals surface area (Å²) in [6.45, 7) is 7.89. The fraction of sp³-hybridized carbons (Fsp3) is 0.400. The topological polar surface area (TPSA) is 55.6 Å². The molecular weight excluding hydrogens is 314 g/mol. The SMILES string of the molecule is Cc1ccc(C(=O)N/N=C\c2cc(C)n(C[C@@H]3CCCO3)c2C)cc1. The average Bonchev–Trinajstić information content (AvgIpc) is 3.20. The molecule has 1 fully saturated rings. The normalized spacial score (nSPS) is 17.3. The molecule has 1 aromatic heterocycles. The number of ether oxygens (including phenoxy) is 1. The van der Waals surface area contributed by atoms with Crippen LogP contribution < -0.4 is 5.43 Å². The number of carbonyl (C=O) groups excluding carboxylic acids is 1. The van der Waals surface area contributed by atoms with Crippen LogP contribution in [-0.4, -0.2) is 29.4 Å². The van der Waals surface area contributed by atoms with Gasteiger partial charge in [-0.3, -0.25) is 4.79 Å². The van der Waals surface area contributed by atoms with Crippen LogP contribution in [0.25, 0.3) is 0 Å². The Morgan fingerprint density at radius 3 is 2.76 bits per heavy atom. The third-order valence-corrected chi connectivity index (χ3v) is 4.71. The highest BCUT2D eigenvalue weighted by atomic mass is 16.5. The van der Waals surface area contributed by atoms with E-state index in [-0.39, 0.29) is 5.91 Å². The first-order valence-corrected chi connectivity index (χ1v) is 8.73. The van der Waals surface area contributed by atoms with Crippen molar-refractivity contribution < 1.29 is 9.53 Å². The van der Waals surface area contributed by atoms with Crippen LogP contribution in [-0.2, 0) is 11.3 Å². The summed E-state index contributed by atoms with van der Waals surface area (Å²) in [6.07, 6.45) is 4.27. The van der Waals surface area contributed by atoms with Gasteiger partial charge in [-0.1, -0.05) is 17.7 Å². The summed E-state index contributed by atoms with van der Waals surface area (Å²) < 4.78 is 8.00. The summed E-state index contributed by atoms with van der Waals surface area (Å²) in [5.41, 5.74) is 7.65. The average molecular weight is 339 g/mol. The van der Waals surface area contributed by atoms with Crippen LogP contribution >= 0.6 is 0 Å². The molecule has 132 valence electrons. The number of aromatic nitrogens is 1. The molecule has 2 heterocycles. The van der Waals surface area contributed by atoms with Crippen LogP contribution in [0.5, 0.6) is 0 Å². The number of carbonyl (C=O) groups is 1. The minimum atomic E-state index is -0.204. The molecule has 1 saturated heterocycles. The molecule has 3 rings (SSSR count). The van der Waals surface area contributed by atoms with Gasteiger partial charge in [-0.15, -0.1) is 0 Å². The van der Waals surface area contributed by atoms with Crippen molar-refractivity contribution in [2.75, 3.05) is 6.61 Å². The van der Waals surface area contributed by atoms with Crippen LogP contribution in [0.3, 0.4) is 0 Å². The largest absolute Gasteiger partial charge is 0.376 e. The van der Waals surface area contributed by atoms with Gasteiger partial charge in [0.05, 0.1) is 12.3 Å². The lowest BCUT2D eigenvalue weighted by Gasteiger charge is -2.14. The Morgan fingerprint density at radius 2 is 2.08 bits per heavy atom. The number of hydrogen-bond acceptors (Lipinski definition) is 3. The second-order valence-corrected chi connectivity index (χ2v) is 6.64. The second-order valence-electron chi connectivity index (χ2n) is 6.64. The first-order chi connectivity index (χ1) is 12.0. The molecule has 0 radical (unpaired) electrons. The number of hydrogen-bond donors (Lipinski definition) is 1. The molecule has 1 aliphatic rings. The van der Waals surface area contributed by atoms with E-state index in [1.54, 1.807) is 18.3 Å². The molecule has 0 aliphatic carbocycles. The highest BCUT2D eigenvalue weighted by molar-refractivity contribution is 5.95. The quantitative estimate of drug-likeness (QED) is 0.671. The van der Waals surface area contributed by atoms with Gasteiger partial charge in [0.15, 0.2) is 0 Å². The highest BCUT2D eigenvalue weighted by Crippen LogP contribution is 2.19. The smallest absolute Gasteiger partial charge is 0.271 e. The number of nitrogens with one attached hydrogen (secondary N) is 1. The molecular formula is C20H25N3O2. The van der Waals surface area contributed by atoms with Crippen molar-refractivity contribution in [3.8, 4) is 0 Å². The Bertz CT molecular complexity index is 769. The number of aryl methyl sites for hydroxylation is 2. The van der Waals surface area contributed by atoms with E-state index in [2.05, 4.69) is 35.0 Å². The first kappa shape index (κ1) is 17.4. The van der Waals surface area contributed by atoms with E-state index in [1.165, 1.54) is 5.69 Å². The minimum Gasteiger partial charge on any atom is -0.376 e. The maximum absolute atomic E-state index is 12.1. The Kier molecular flexibility index (Phi) is 5.34. The molecule has 0 unspecified atom stereocenters. The van der Waals surface area contributed by atoms with E-state index in [1.807, 2.05) is 19.1 Å². The van der Waals surface area contributed by atoms with Crippen LogP contribution in [0.2, 0.25) is 0 Å². The van der Waals surface area contributed by atoms with E-state index < -0.39 is 0 Å². The first-order valence-electron chi connectivity index (χ1n) is 8.73. The zero-order valence-electron chi connectivity index (χ0n) is 15.1. The third kappa shape index (κ3) is 4.17. The molecule has 1 aromatic carbocycles. The van der Waals surface area contributed by atoms with Gasteiger partial charge < -0.3 is 9.30 Å². The van der Waals surface area contributed by atoms with Gasteiger partial charge >= 0.3 is 0 Å². The lowest BCUT2D eigenvalue weighted by atomic mass is 10.1. The van der Waals surface area contributed by atoms with E-state index in [9.17, 15) is 4.79 Å². The monoisotopic (exact) mass is 339 g/mol. The predicted molar refractivity (Wildman–Crippen MR) is 99.1 cm³/mol. The van der Waals surface area contributed by atoms with E-state index in [0.29, 0.717) is 11.7 Å². The summed E-state index contributed by atoms with van der Waals surface area (Å²) in [4.78, 5) is 12.1. The molecule has 5 heteroatoms. The van der Waals surface area contributed by atoms with Crippen LogP contribution in [0.15, 0.2) is 35.4 Å². The maximum Gasteiger partial charge on any atom is 0.271 e. The number of rotatable bonds is 5. The van der Waals surface area contributed by atoms with E-state index >= 15 is 0 Å². The fourth-order valence-electron chi connectivity index (χ4n) is 3.16. The summed E-state index contributed by atoms with van der Waals surface area (Å²) in [5.74, 6) is -0.204. The lowest BCUT2D eigenvalue weighted by molar-refractivity contribution is 0.0954. The minimum absolute atomic E-state index is 0.204. The molecule has 2 aromatic rings. The summed E-state index contributed by atoms with van der Waals surface area (Å²) in [6, 6.07) is 9.52. The van der Waals surface area contributed by atoms with Crippen molar-refractivity contribution in [2.24, 2.45) is 5.10 Å². The third-order valence-electron chi connectivity index (χ3n) is 4.71.